The van der Waals surface area contributed by atoms with Gasteiger partial charge in [-0.3, -0.25) is 9.52 Å². The van der Waals surface area contributed by atoms with Crippen molar-refractivity contribution in [3.05, 3.63) is 53.5 Å². The molecule has 0 bridgehead atoms. The number of pyridine rings is 1. The molecular formula is C20H20N6O4S2. The standard InChI is InChI=1S/C20H20N6O4S2/c1-32(29,30)26-12-4-7-16(23-11-12)21-8-9-22-20(28)13-5-6-14(27)18-17(13)24-19(25-18)15-3-2-10-31-15/h2-7,10-11,26-27H,8-9H2,1H3,(H,21,23)(H,22,28)(H,24,25). The number of benzene rings is 1. The maximum atomic E-state index is 12.7. The number of aromatic hydroxyl groups is 1. The Labute approximate surface area is 187 Å². The second-order valence-corrected chi connectivity index (χ2v) is 9.60. The lowest BCUT2D eigenvalue weighted by Crippen LogP contribution is -2.29. The first kappa shape index (κ1) is 21.6. The van der Waals surface area contributed by atoms with E-state index in [0.717, 1.165) is 11.1 Å². The third kappa shape index (κ3) is 4.98. The molecule has 0 atom stereocenters. The molecule has 3 aromatic heterocycles. The van der Waals surface area contributed by atoms with E-state index >= 15 is 0 Å². The maximum absolute atomic E-state index is 12.7. The van der Waals surface area contributed by atoms with Gasteiger partial charge >= 0.3 is 0 Å². The molecule has 0 fully saturated rings. The van der Waals surface area contributed by atoms with E-state index in [0.29, 0.717) is 47.0 Å². The highest BCUT2D eigenvalue weighted by Crippen LogP contribution is 2.30. The molecule has 1 aromatic carbocycles. The van der Waals surface area contributed by atoms with Crippen LogP contribution in [-0.4, -0.2) is 53.7 Å². The number of thiophene rings is 1. The van der Waals surface area contributed by atoms with Crippen molar-refractivity contribution in [2.75, 3.05) is 29.4 Å². The summed E-state index contributed by atoms with van der Waals surface area (Å²) in [5.74, 6) is 0.834. The molecule has 5 N–H and O–H groups in total. The van der Waals surface area contributed by atoms with Crippen molar-refractivity contribution in [1.29, 1.82) is 0 Å². The molecular weight excluding hydrogens is 452 g/mol. The van der Waals surface area contributed by atoms with Crippen LogP contribution in [0.15, 0.2) is 48.0 Å². The van der Waals surface area contributed by atoms with Crippen LogP contribution in [0.1, 0.15) is 10.4 Å². The molecule has 3 heterocycles. The van der Waals surface area contributed by atoms with E-state index in [1.54, 1.807) is 12.1 Å². The van der Waals surface area contributed by atoms with Gasteiger partial charge in [0.05, 0.1) is 28.6 Å². The van der Waals surface area contributed by atoms with Gasteiger partial charge in [0.15, 0.2) is 0 Å². The number of hydrogen-bond acceptors (Lipinski definition) is 8. The number of aromatic amines is 1. The fourth-order valence-corrected chi connectivity index (χ4v) is 4.24. The van der Waals surface area contributed by atoms with Gasteiger partial charge < -0.3 is 20.7 Å². The number of hydrogen-bond donors (Lipinski definition) is 5. The summed E-state index contributed by atoms with van der Waals surface area (Å²) in [6, 6.07) is 10.0. The number of nitrogens with one attached hydrogen (secondary N) is 4. The second-order valence-electron chi connectivity index (χ2n) is 6.91. The molecule has 0 spiro atoms. The zero-order valence-electron chi connectivity index (χ0n) is 16.9. The molecule has 1 amide bonds. The minimum atomic E-state index is -3.36. The molecule has 4 rings (SSSR count). The van der Waals surface area contributed by atoms with E-state index in [1.807, 2.05) is 17.5 Å². The largest absolute Gasteiger partial charge is 0.506 e. The molecule has 0 aliphatic rings. The molecule has 4 aromatic rings. The van der Waals surface area contributed by atoms with Crippen LogP contribution in [-0.2, 0) is 10.0 Å². The quantitative estimate of drug-likeness (QED) is 0.247. The van der Waals surface area contributed by atoms with E-state index in [2.05, 4.69) is 30.3 Å². The van der Waals surface area contributed by atoms with Crippen LogP contribution in [0.3, 0.4) is 0 Å². The van der Waals surface area contributed by atoms with Crippen LogP contribution in [0.25, 0.3) is 21.7 Å². The molecule has 0 aliphatic heterocycles. The number of phenolic OH excluding ortho intramolecular Hbond substituents is 1. The number of imidazole rings is 1. The van der Waals surface area contributed by atoms with Crippen molar-refractivity contribution < 1.29 is 18.3 Å². The van der Waals surface area contributed by atoms with Gasteiger partial charge in [-0.05, 0) is 35.7 Å². The summed E-state index contributed by atoms with van der Waals surface area (Å²) in [5.41, 5.74) is 1.52. The van der Waals surface area contributed by atoms with Crippen LogP contribution in [0.4, 0.5) is 11.5 Å². The summed E-state index contributed by atoms with van der Waals surface area (Å²) < 4.78 is 24.8. The molecule has 0 unspecified atom stereocenters. The van der Waals surface area contributed by atoms with E-state index in [-0.39, 0.29) is 11.7 Å². The van der Waals surface area contributed by atoms with E-state index < -0.39 is 10.0 Å². The normalized spacial score (nSPS) is 11.4. The van der Waals surface area contributed by atoms with Crippen molar-refractivity contribution in [1.82, 2.24) is 20.3 Å². The van der Waals surface area contributed by atoms with Crippen LogP contribution in [0, 0.1) is 0 Å². The number of amides is 1. The Hall–Kier alpha value is -3.64. The summed E-state index contributed by atoms with van der Waals surface area (Å²) in [4.78, 5) is 25.3. The summed E-state index contributed by atoms with van der Waals surface area (Å²) in [6.07, 6.45) is 2.47. The summed E-state index contributed by atoms with van der Waals surface area (Å²) >= 11 is 1.51. The zero-order chi connectivity index (χ0) is 22.7. The Morgan fingerprint density at radius 1 is 1.19 bits per heavy atom. The molecule has 0 aliphatic carbocycles. The number of fused-ring (bicyclic) bond motifs is 1. The number of rotatable bonds is 8. The fraction of sp³-hybridized carbons (Fsp3) is 0.150. The Balaban J connectivity index is 1.38. The van der Waals surface area contributed by atoms with Crippen LogP contribution >= 0.6 is 11.3 Å². The van der Waals surface area contributed by atoms with Crippen molar-refractivity contribution in [3.63, 3.8) is 0 Å². The van der Waals surface area contributed by atoms with Crippen LogP contribution < -0.4 is 15.4 Å². The number of aromatic nitrogens is 3. The third-order valence-electron chi connectivity index (χ3n) is 4.41. The SMILES string of the molecule is CS(=O)(=O)Nc1ccc(NCCNC(=O)c2ccc(O)c3[nH]c(-c4cccs4)nc23)nc1. The average molecular weight is 473 g/mol. The molecule has 0 saturated carbocycles. The van der Waals surface area contributed by atoms with Crippen molar-refractivity contribution >= 4 is 49.8 Å². The van der Waals surface area contributed by atoms with Gasteiger partial charge in [-0.2, -0.15) is 0 Å². The number of carbonyl (C=O) groups is 1. The monoisotopic (exact) mass is 472 g/mol. The first-order valence-electron chi connectivity index (χ1n) is 9.51. The van der Waals surface area contributed by atoms with Crippen LogP contribution in [0.2, 0.25) is 0 Å². The highest BCUT2D eigenvalue weighted by Gasteiger charge is 2.17. The maximum Gasteiger partial charge on any atom is 0.253 e. The molecule has 0 saturated heterocycles. The molecule has 0 radical (unpaired) electrons. The highest BCUT2D eigenvalue weighted by molar-refractivity contribution is 7.92. The lowest BCUT2D eigenvalue weighted by atomic mass is 10.1. The van der Waals surface area contributed by atoms with Gasteiger partial charge in [-0.15, -0.1) is 11.3 Å². The lowest BCUT2D eigenvalue weighted by molar-refractivity contribution is 0.0956. The number of nitrogens with zero attached hydrogens (tertiary/aromatic N) is 2. The predicted molar refractivity (Wildman–Crippen MR) is 125 cm³/mol. The second kappa shape index (κ2) is 8.85. The molecule has 10 nitrogen and oxygen atoms in total. The topological polar surface area (TPSA) is 149 Å². The third-order valence-corrected chi connectivity index (χ3v) is 5.89. The predicted octanol–water partition coefficient (Wildman–Crippen LogP) is 2.61. The summed E-state index contributed by atoms with van der Waals surface area (Å²) in [5, 5.41) is 17.9. The van der Waals surface area contributed by atoms with Gasteiger partial charge in [0.2, 0.25) is 10.0 Å². The Morgan fingerprint density at radius 2 is 2.03 bits per heavy atom. The molecule has 32 heavy (non-hydrogen) atoms. The smallest absolute Gasteiger partial charge is 0.253 e. The highest BCUT2D eigenvalue weighted by atomic mass is 32.2. The number of sulfonamides is 1. The van der Waals surface area contributed by atoms with Crippen LogP contribution in [0.5, 0.6) is 5.75 Å². The summed E-state index contributed by atoms with van der Waals surface area (Å²) in [7, 11) is -3.36. The minimum absolute atomic E-state index is 0.0217. The van der Waals surface area contributed by atoms with Gasteiger partial charge in [-0.1, -0.05) is 6.07 Å². The number of phenols is 1. The number of carbonyl (C=O) groups excluding carboxylic acids is 1. The lowest BCUT2D eigenvalue weighted by Gasteiger charge is -2.09. The van der Waals surface area contributed by atoms with Crippen molar-refractivity contribution in [2.45, 2.75) is 0 Å². The average Bonchev–Trinajstić information content (AvgIpc) is 3.41. The van der Waals surface area contributed by atoms with Gasteiger partial charge in [0.25, 0.3) is 5.91 Å². The Bertz CT molecular complexity index is 1350. The first-order valence-corrected chi connectivity index (χ1v) is 12.3. The Morgan fingerprint density at radius 3 is 2.72 bits per heavy atom. The molecule has 166 valence electrons. The number of anilines is 2. The first-order chi connectivity index (χ1) is 15.3. The minimum Gasteiger partial charge on any atom is -0.506 e. The van der Waals surface area contributed by atoms with Gasteiger partial charge in [-0.25, -0.2) is 18.4 Å². The molecule has 12 heteroatoms. The fourth-order valence-electron chi connectivity index (χ4n) is 3.03. The van der Waals surface area contributed by atoms with Crippen molar-refractivity contribution in [3.8, 4) is 16.5 Å². The van der Waals surface area contributed by atoms with E-state index in [1.165, 1.54) is 29.7 Å². The van der Waals surface area contributed by atoms with E-state index in [4.69, 9.17) is 0 Å². The van der Waals surface area contributed by atoms with E-state index in [9.17, 15) is 18.3 Å². The summed E-state index contributed by atoms with van der Waals surface area (Å²) in [6.45, 7) is 0.717. The van der Waals surface area contributed by atoms with Crippen molar-refractivity contribution in [2.24, 2.45) is 0 Å². The van der Waals surface area contributed by atoms with Gasteiger partial charge in [0, 0.05) is 13.1 Å². The Kier molecular flexibility index (Phi) is 5.97. The van der Waals surface area contributed by atoms with Gasteiger partial charge in [0.1, 0.15) is 28.4 Å². The zero-order valence-corrected chi connectivity index (χ0v) is 18.5. The number of H-pyrrole nitrogens is 1.